The molecule has 2 aliphatic heterocycles. The molecule has 106 valence electrons. The van der Waals surface area contributed by atoms with Gasteiger partial charge in [-0.2, -0.15) is 0 Å². The zero-order valence-electron chi connectivity index (χ0n) is 12.2. The Balaban J connectivity index is 1.98. The van der Waals surface area contributed by atoms with Crippen LogP contribution in [-0.4, -0.2) is 24.4 Å². The average Bonchev–Trinajstić information content (AvgIpc) is 2.70. The van der Waals surface area contributed by atoms with E-state index in [9.17, 15) is 4.79 Å². The summed E-state index contributed by atoms with van der Waals surface area (Å²) in [5.41, 5.74) is 3.31. The summed E-state index contributed by atoms with van der Waals surface area (Å²) in [6, 6.07) is 14.2. The van der Waals surface area contributed by atoms with Gasteiger partial charge in [0.1, 0.15) is 11.5 Å². The smallest absolute Gasteiger partial charge is 0.230 e. The molecule has 3 nitrogen and oxygen atoms in total. The van der Waals surface area contributed by atoms with Gasteiger partial charge in [0.05, 0.1) is 5.92 Å². The van der Waals surface area contributed by atoms with Gasteiger partial charge < -0.3 is 9.64 Å². The van der Waals surface area contributed by atoms with Gasteiger partial charge in [0.25, 0.3) is 0 Å². The van der Waals surface area contributed by atoms with E-state index >= 15 is 0 Å². The van der Waals surface area contributed by atoms with E-state index in [4.69, 9.17) is 4.74 Å². The van der Waals surface area contributed by atoms with Crippen LogP contribution in [0.25, 0.3) is 0 Å². The summed E-state index contributed by atoms with van der Waals surface area (Å²) >= 11 is 0. The highest BCUT2D eigenvalue weighted by molar-refractivity contribution is 5.89. The molecular formula is C18H17NO2. The molecule has 2 aliphatic rings. The first kappa shape index (κ1) is 12.5. The Morgan fingerprint density at radius 2 is 1.86 bits per heavy atom. The van der Waals surface area contributed by atoms with E-state index in [0.29, 0.717) is 0 Å². The van der Waals surface area contributed by atoms with Crippen LogP contribution in [0.1, 0.15) is 28.5 Å². The summed E-state index contributed by atoms with van der Waals surface area (Å²) in [5.74, 6) is 1.91. The summed E-state index contributed by atoms with van der Waals surface area (Å²) in [7, 11) is 1.88. The van der Waals surface area contributed by atoms with Crippen LogP contribution in [0.5, 0.6) is 11.5 Å². The molecule has 1 saturated heterocycles. The van der Waals surface area contributed by atoms with Crippen molar-refractivity contribution in [2.45, 2.75) is 18.8 Å². The number of amides is 1. The molecular weight excluding hydrogens is 262 g/mol. The zero-order chi connectivity index (χ0) is 14.6. The first-order chi connectivity index (χ1) is 10.1. The van der Waals surface area contributed by atoms with E-state index in [-0.39, 0.29) is 17.7 Å². The fourth-order valence-electron chi connectivity index (χ4n) is 3.53. The highest BCUT2D eigenvalue weighted by atomic mass is 16.5. The second-order valence-corrected chi connectivity index (χ2v) is 5.98. The lowest BCUT2D eigenvalue weighted by Gasteiger charge is -2.15. The number of benzene rings is 2. The first-order valence-electron chi connectivity index (χ1n) is 7.27. The maximum atomic E-state index is 12.6. The van der Waals surface area contributed by atoms with Gasteiger partial charge in [-0.05, 0) is 19.1 Å². The fourth-order valence-corrected chi connectivity index (χ4v) is 3.53. The van der Waals surface area contributed by atoms with Crippen LogP contribution >= 0.6 is 0 Å². The molecule has 0 N–H and O–H groups in total. The molecule has 2 aromatic rings. The summed E-state index contributed by atoms with van der Waals surface area (Å²) in [6.07, 6.45) is 0. The molecule has 4 rings (SSSR count). The van der Waals surface area contributed by atoms with Crippen LogP contribution in [0.4, 0.5) is 0 Å². The Hall–Kier alpha value is -2.29. The summed E-state index contributed by atoms with van der Waals surface area (Å²) < 4.78 is 6.11. The summed E-state index contributed by atoms with van der Waals surface area (Å²) in [4.78, 5) is 14.5. The number of hydrogen-bond donors (Lipinski definition) is 0. The lowest BCUT2D eigenvalue weighted by Crippen LogP contribution is -2.21. The number of aryl methyl sites for hydroxylation is 1. The van der Waals surface area contributed by atoms with Gasteiger partial charge in [0, 0.05) is 30.6 Å². The first-order valence-corrected chi connectivity index (χ1v) is 7.27. The van der Waals surface area contributed by atoms with Gasteiger partial charge in [-0.3, -0.25) is 4.79 Å². The van der Waals surface area contributed by atoms with Crippen LogP contribution in [0.3, 0.4) is 0 Å². The monoisotopic (exact) mass is 279 g/mol. The molecule has 1 amide bonds. The minimum atomic E-state index is -0.131. The SMILES string of the molecule is Cc1ccc2c(c1)C1C(=O)N(C)CC1c1ccccc1O2. The minimum absolute atomic E-state index is 0.131. The highest BCUT2D eigenvalue weighted by Crippen LogP contribution is 2.49. The minimum Gasteiger partial charge on any atom is -0.457 e. The third-order valence-electron chi connectivity index (χ3n) is 4.55. The van der Waals surface area contributed by atoms with E-state index < -0.39 is 0 Å². The highest BCUT2D eigenvalue weighted by Gasteiger charge is 2.44. The van der Waals surface area contributed by atoms with E-state index in [2.05, 4.69) is 19.1 Å². The van der Waals surface area contributed by atoms with Crippen molar-refractivity contribution in [3.05, 3.63) is 59.2 Å². The second-order valence-electron chi connectivity index (χ2n) is 5.98. The van der Waals surface area contributed by atoms with Crippen molar-refractivity contribution in [3.8, 4) is 11.5 Å². The Kier molecular flexibility index (Phi) is 2.58. The lowest BCUT2D eigenvalue weighted by molar-refractivity contribution is -0.127. The van der Waals surface area contributed by atoms with Crippen LogP contribution in [0.2, 0.25) is 0 Å². The molecule has 0 radical (unpaired) electrons. The molecule has 1 fully saturated rings. The molecule has 0 aromatic heterocycles. The number of carbonyl (C=O) groups excluding carboxylic acids is 1. The third-order valence-corrected chi connectivity index (χ3v) is 4.55. The molecule has 2 atom stereocenters. The number of likely N-dealkylation sites (tertiary alicyclic amines) is 1. The van der Waals surface area contributed by atoms with Crippen molar-refractivity contribution in [2.75, 3.05) is 13.6 Å². The molecule has 3 heteroatoms. The van der Waals surface area contributed by atoms with Crippen molar-refractivity contribution in [3.63, 3.8) is 0 Å². The van der Waals surface area contributed by atoms with Gasteiger partial charge in [-0.15, -0.1) is 0 Å². The quantitative estimate of drug-likeness (QED) is 0.739. The van der Waals surface area contributed by atoms with E-state index in [1.807, 2.05) is 42.3 Å². The van der Waals surface area contributed by atoms with Crippen molar-refractivity contribution in [1.82, 2.24) is 4.90 Å². The Morgan fingerprint density at radius 3 is 2.71 bits per heavy atom. The molecule has 0 aliphatic carbocycles. The topological polar surface area (TPSA) is 29.5 Å². The number of carbonyl (C=O) groups is 1. The van der Waals surface area contributed by atoms with Crippen LogP contribution in [-0.2, 0) is 4.79 Å². The fraction of sp³-hybridized carbons (Fsp3) is 0.278. The summed E-state index contributed by atoms with van der Waals surface area (Å²) in [5, 5.41) is 0. The van der Waals surface area contributed by atoms with E-state index in [1.165, 1.54) is 0 Å². The third kappa shape index (κ3) is 1.77. The van der Waals surface area contributed by atoms with Crippen molar-refractivity contribution < 1.29 is 9.53 Å². The number of ether oxygens (including phenoxy) is 1. The molecule has 0 saturated carbocycles. The number of nitrogens with zero attached hydrogens (tertiary/aromatic N) is 1. The average molecular weight is 279 g/mol. The number of hydrogen-bond acceptors (Lipinski definition) is 2. The Bertz CT molecular complexity index is 738. The van der Waals surface area contributed by atoms with Crippen molar-refractivity contribution in [2.24, 2.45) is 0 Å². The van der Waals surface area contributed by atoms with Crippen LogP contribution in [0.15, 0.2) is 42.5 Å². The molecule has 0 spiro atoms. The van der Waals surface area contributed by atoms with Gasteiger partial charge in [-0.1, -0.05) is 35.9 Å². The Morgan fingerprint density at radius 1 is 1.10 bits per heavy atom. The maximum absolute atomic E-state index is 12.6. The largest absolute Gasteiger partial charge is 0.457 e. The molecule has 2 unspecified atom stereocenters. The van der Waals surface area contributed by atoms with E-state index in [0.717, 1.165) is 34.7 Å². The Labute approximate surface area is 124 Å². The normalized spacial score (nSPS) is 23.0. The van der Waals surface area contributed by atoms with Crippen LogP contribution in [0, 0.1) is 6.92 Å². The number of fused-ring (bicyclic) bond motifs is 5. The molecule has 21 heavy (non-hydrogen) atoms. The zero-order valence-corrected chi connectivity index (χ0v) is 12.2. The second kappa shape index (κ2) is 4.35. The predicted molar refractivity (Wildman–Crippen MR) is 80.8 cm³/mol. The number of para-hydroxylation sites is 1. The van der Waals surface area contributed by atoms with Gasteiger partial charge in [0.2, 0.25) is 5.91 Å². The predicted octanol–water partition coefficient (Wildman–Crippen LogP) is 3.44. The van der Waals surface area contributed by atoms with Gasteiger partial charge >= 0.3 is 0 Å². The standard InChI is InChI=1S/C18H17NO2/c1-11-7-8-16-13(9-11)17-14(10-19(2)18(17)20)12-5-3-4-6-15(12)21-16/h3-9,14,17H,10H2,1-2H3. The van der Waals surface area contributed by atoms with Gasteiger partial charge in [-0.25, -0.2) is 0 Å². The van der Waals surface area contributed by atoms with E-state index in [1.54, 1.807) is 0 Å². The van der Waals surface area contributed by atoms with Gasteiger partial charge in [0.15, 0.2) is 0 Å². The summed E-state index contributed by atoms with van der Waals surface area (Å²) in [6.45, 7) is 2.80. The number of likely N-dealkylation sites (N-methyl/N-ethyl adjacent to an activating group) is 1. The lowest BCUT2D eigenvalue weighted by atomic mass is 9.83. The van der Waals surface area contributed by atoms with Crippen molar-refractivity contribution in [1.29, 1.82) is 0 Å². The molecule has 0 bridgehead atoms. The number of rotatable bonds is 0. The van der Waals surface area contributed by atoms with Crippen molar-refractivity contribution >= 4 is 5.91 Å². The molecule has 2 heterocycles. The molecule has 2 aromatic carbocycles. The van der Waals surface area contributed by atoms with Crippen LogP contribution < -0.4 is 4.74 Å². The maximum Gasteiger partial charge on any atom is 0.230 e.